The molecule has 0 aromatic carbocycles. The van der Waals surface area contributed by atoms with Crippen LogP contribution in [-0.4, -0.2) is 72.9 Å². The van der Waals surface area contributed by atoms with Crippen molar-refractivity contribution in [1.29, 1.82) is 5.26 Å². The van der Waals surface area contributed by atoms with E-state index >= 15 is 0 Å². The minimum absolute atomic E-state index is 0.120. The van der Waals surface area contributed by atoms with Gasteiger partial charge in [-0.05, 0) is 31.6 Å². The van der Waals surface area contributed by atoms with Gasteiger partial charge in [0, 0.05) is 50.9 Å². The Labute approximate surface area is 139 Å². The zero-order valence-corrected chi connectivity index (χ0v) is 14.3. The summed E-state index contributed by atoms with van der Waals surface area (Å²) < 4.78 is 5.52. The van der Waals surface area contributed by atoms with E-state index in [-0.39, 0.29) is 5.54 Å². The number of nitrogens with zero attached hydrogens (tertiary/aromatic N) is 3. The van der Waals surface area contributed by atoms with Crippen LogP contribution >= 0.6 is 0 Å². The average Bonchev–Trinajstić information content (AvgIpc) is 3.01. The van der Waals surface area contributed by atoms with Gasteiger partial charge in [0.15, 0.2) is 0 Å². The lowest BCUT2D eigenvalue weighted by Gasteiger charge is -2.58. The molecule has 3 aliphatic heterocycles. The Kier molecular flexibility index (Phi) is 4.36. The highest BCUT2D eigenvalue weighted by Gasteiger charge is 2.50. The summed E-state index contributed by atoms with van der Waals surface area (Å²) in [7, 11) is 0. The van der Waals surface area contributed by atoms with E-state index in [9.17, 15) is 5.26 Å². The molecular weight excluding hydrogens is 288 g/mol. The molecule has 4 aliphatic rings. The molecule has 0 spiro atoms. The van der Waals surface area contributed by atoms with Crippen LogP contribution < -0.4 is 5.32 Å². The molecule has 1 N–H and O–H groups in total. The number of hydrogen-bond acceptors (Lipinski definition) is 5. The van der Waals surface area contributed by atoms with Gasteiger partial charge in [0.1, 0.15) is 0 Å². The predicted octanol–water partition coefficient (Wildman–Crippen LogP) is 1.21. The summed E-state index contributed by atoms with van der Waals surface area (Å²) in [5.74, 6) is 0.881. The van der Waals surface area contributed by atoms with Gasteiger partial charge in [-0.1, -0.05) is 6.92 Å². The minimum atomic E-state index is 0.120. The van der Waals surface area contributed by atoms with Crippen LogP contribution in [0.15, 0.2) is 0 Å². The Hall–Kier alpha value is -0.670. The van der Waals surface area contributed by atoms with E-state index in [1.165, 1.54) is 19.3 Å². The van der Waals surface area contributed by atoms with E-state index in [1.54, 1.807) is 0 Å². The SMILES string of the molecule is C[C@@H]1C[C@H]1NC1CCN(C2(CC#N)CN(C3CCOC3)C2)CC1. The van der Waals surface area contributed by atoms with Crippen molar-refractivity contribution in [2.75, 3.05) is 39.4 Å². The summed E-state index contributed by atoms with van der Waals surface area (Å²) in [5, 5.41) is 13.1. The molecule has 0 aromatic rings. The van der Waals surface area contributed by atoms with Crippen molar-refractivity contribution in [1.82, 2.24) is 15.1 Å². The summed E-state index contributed by atoms with van der Waals surface area (Å²) in [6.45, 7) is 8.55. The Morgan fingerprint density at radius 2 is 2.00 bits per heavy atom. The fourth-order valence-corrected chi connectivity index (χ4v) is 4.73. The Bertz CT molecular complexity index is 456. The van der Waals surface area contributed by atoms with Gasteiger partial charge in [-0.15, -0.1) is 0 Å². The minimum Gasteiger partial charge on any atom is -0.380 e. The molecule has 3 saturated heterocycles. The first-order chi connectivity index (χ1) is 11.2. The normalized spacial score (nSPS) is 38.2. The van der Waals surface area contributed by atoms with Crippen LogP contribution in [0.25, 0.3) is 0 Å². The van der Waals surface area contributed by atoms with Gasteiger partial charge >= 0.3 is 0 Å². The van der Waals surface area contributed by atoms with Crippen molar-refractivity contribution in [3.63, 3.8) is 0 Å². The first kappa shape index (κ1) is 15.8. The molecule has 0 aromatic heterocycles. The monoisotopic (exact) mass is 318 g/mol. The molecule has 3 heterocycles. The maximum absolute atomic E-state index is 9.33. The van der Waals surface area contributed by atoms with Gasteiger partial charge in [0.2, 0.25) is 0 Å². The molecule has 1 aliphatic carbocycles. The van der Waals surface area contributed by atoms with Gasteiger partial charge < -0.3 is 10.1 Å². The lowest BCUT2D eigenvalue weighted by molar-refractivity contribution is -0.0825. The fraction of sp³-hybridized carbons (Fsp3) is 0.944. The Balaban J connectivity index is 1.30. The average molecular weight is 318 g/mol. The zero-order valence-electron chi connectivity index (χ0n) is 14.3. The number of hydrogen-bond donors (Lipinski definition) is 1. The molecular formula is C18H30N4O. The second-order valence-electron chi connectivity index (χ2n) is 8.23. The first-order valence-electron chi connectivity index (χ1n) is 9.40. The number of rotatable bonds is 5. The topological polar surface area (TPSA) is 51.5 Å². The molecule has 0 amide bonds. The van der Waals surface area contributed by atoms with Crippen LogP contribution in [0, 0.1) is 17.2 Å². The van der Waals surface area contributed by atoms with E-state index in [1.807, 2.05) is 0 Å². The van der Waals surface area contributed by atoms with Crippen molar-refractivity contribution >= 4 is 0 Å². The second-order valence-corrected chi connectivity index (χ2v) is 8.23. The lowest BCUT2D eigenvalue weighted by atomic mass is 9.81. The molecule has 0 bridgehead atoms. The van der Waals surface area contributed by atoms with Crippen LogP contribution in [0.4, 0.5) is 0 Å². The second kappa shape index (κ2) is 6.33. The molecule has 5 heteroatoms. The molecule has 4 fully saturated rings. The highest BCUT2D eigenvalue weighted by Crippen LogP contribution is 2.37. The summed E-state index contributed by atoms with van der Waals surface area (Å²) in [5.41, 5.74) is 0.120. The molecule has 23 heavy (non-hydrogen) atoms. The van der Waals surface area contributed by atoms with E-state index in [0.29, 0.717) is 18.5 Å². The number of piperidine rings is 1. The molecule has 0 radical (unpaired) electrons. The van der Waals surface area contributed by atoms with Crippen LogP contribution in [0.5, 0.6) is 0 Å². The van der Waals surface area contributed by atoms with Crippen molar-refractivity contribution in [2.45, 2.75) is 62.7 Å². The van der Waals surface area contributed by atoms with E-state index in [4.69, 9.17) is 4.74 Å². The van der Waals surface area contributed by atoms with Gasteiger partial charge in [-0.3, -0.25) is 9.80 Å². The molecule has 1 unspecified atom stereocenters. The van der Waals surface area contributed by atoms with Crippen LogP contribution in [0.3, 0.4) is 0 Å². The third-order valence-corrected chi connectivity index (χ3v) is 6.55. The standard InChI is InChI=1S/C18H30N4O/c1-14-10-17(14)20-15-2-7-22(8-3-15)18(5-6-19)12-21(13-18)16-4-9-23-11-16/h14-17,20H,2-5,7-13H2,1H3/t14-,16?,17-/m1/s1. The number of ether oxygens (including phenoxy) is 1. The van der Waals surface area contributed by atoms with Crippen molar-refractivity contribution < 1.29 is 4.74 Å². The van der Waals surface area contributed by atoms with Crippen molar-refractivity contribution in [3.8, 4) is 6.07 Å². The number of nitrogens with one attached hydrogen (secondary N) is 1. The van der Waals surface area contributed by atoms with Gasteiger partial charge in [-0.2, -0.15) is 5.26 Å². The molecule has 128 valence electrons. The zero-order chi connectivity index (χ0) is 15.9. The number of likely N-dealkylation sites (tertiary alicyclic amines) is 2. The van der Waals surface area contributed by atoms with Crippen LogP contribution in [-0.2, 0) is 4.74 Å². The summed E-state index contributed by atoms with van der Waals surface area (Å²) in [6.07, 6.45) is 5.67. The predicted molar refractivity (Wildman–Crippen MR) is 89.1 cm³/mol. The molecule has 5 nitrogen and oxygen atoms in total. The smallest absolute Gasteiger partial charge is 0.0642 e. The maximum Gasteiger partial charge on any atom is 0.0642 e. The Morgan fingerprint density at radius 1 is 1.26 bits per heavy atom. The molecule has 4 rings (SSSR count). The summed E-state index contributed by atoms with van der Waals surface area (Å²) in [6, 6.07) is 4.53. The lowest BCUT2D eigenvalue weighted by Crippen LogP contribution is -2.73. The molecule has 3 atom stereocenters. The van der Waals surface area contributed by atoms with Gasteiger partial charge in [0.05, 0.1) is 24.6 Å². The van der Waals surface area contributed by atoms with Crippen LogP contribution in [0.2, 0.25) is 0 Å². The summed E-state index contributed by atoms with van der Waals surface area (Å²) in [4.78, 5) is 5.16. The van der Waals surface area contributed by atoms with Gasteiger partial charge in [0.25, 0.3) is 0 Å². The van der Waals surface area contributed by atoms with Crippen molar-refractivity contribution in [2.24, 2.45) is 5.92 Å². The third kappa shape index (κ3) is 3.15. The van der Waals surface area contributed by atoms with E-state index in [0.717, 1.165) is 57.8 Å². The highest BCUT2D eigenvalue weighted by molar-refractivity contribution is 5.11. The quantitative estimate of drug-likeness (QED) is 0.826. The van der Waals surface area contributed by atoms with E-state index in [2.05, 4.69) is 28.1 Å². The third-order valence-electron chi connectivity index (χ3n) is 6.55. The Morgan fingerprint density at radius 3 is 2.57 bits per heavy atom. The van der Waals surface area contributed by atoms with E-state index < -0.39 is 0 Å². The largest absolute Gasteiger partial charge is 0.380 e. The maximum atomic E-state index is 9.33. The summed E-state index contributed by atoms with van der Waals surface area (Å²) >= 11 is 0. The van der Waals surface area contributed by atoms with Crippen molar-refractivity contribution in [3.05, 3.63) is 0 Å². The highest BCUT2D eigenvalue weighted by atomic mass is 16.5. The van der Waals surface area contributed by atoms with Gasteiger partial charge in [-0.25, -0.2) is 0 Å². The molecule has 1 saturated carbocycles. The van der Waals surface area contributed by atoms with Crippen LogP contribution in [0.1, 0.15) is 39.0 Å². The fourth-order valence-electron chi connectivity index (χ4n) is 4.73. The number of nitriles is 1. The first-order valence-corrected chi connectivity index (χ1v) is 9.40.